The number of nitrogens with two attached hydrogens (primary N) is 1. The van der Waals surface area contributed by atoms with E-state index in [4.69, 9.17) is 5.14 Å². The van der Waals surface area contributed by atoms with Crippen molar-refractivity contribution in [1.82, 2.24) is 4.31 Å². The van der Waals surface area contributed by atoms with Gasteiger partial charge in [0, 0.05) is 6.04 Å². The number of benzene rings is 2. The van der Waals surface area contributed by atoms with Crippen LogP contribution >= 0.6 is 11.3 Å². The second-order valence-corrected chi connectivity index (χ2v) is 12.3. The first-order valence-electron chi connectivity index (χ1n) is 10.1. The SMILES string of the molecule is CC(c1ccccc1)N(C1CC(=O)N(c2ccc(S(N)(=O)=O)cc2)C1=O)S(=O)(=O)c1cccs1. The van der Waals surface area contributed by atoms with Gasteiger partial charge in [-0.15, -0.1) is 11.3 Å². The summed E-state index contributed by atoms with van der Waals surface area (Å²) < 4.78 is 51.4. The first-order valence-corrected chi connectivity index (χ1v) is 14.0. The molecule has 1 aromatic heterocycles. The highest BCUT2D eigenvalue weighted by Gasteiger charge is 2.49. The van der Waals surface area contributed by atoms with E-state index in [0.717, 1.165) is 20.5 Å². The Labute approximate surface area is 201 Å². The first-order chi connectivity index (χ1) is 16.0. The zero-order valence-corrected chi connectivity index (χ0v) is 20.4. The average Bonchev–Trinajstić information content (AvgIpc) is 3.43. The third kappa shape index (κ3) is 4.42. The van der Waals surface area contributed by atoms with Gasteiger partial charge in [0.05, 0.1) is 17.0 Å². The number of primary sulfonamides is 1. The zero-order chi connectivity index (χ0) is 24.7. The minimum absolute atomic E-state index is 0.0616. The number of hydrogen-bond acceptors (Lipinski definition) is 7. The number of hydrogen-bond donors (Lipinski definition) is 1. The lowest BCUT2D eigenvalue weighted by Crippen LogP contribution is -2.46. The third-order valence-electron chi connectivity index (χ3n) is 5.54. The van der Waals surface area contributed by atoms with Crippen LogP contribution in [0.3, 0.4) is 0 Å². The molecular weight excluding hydrogens is 498 g/mol. The molecule has 9 nitrogen and oxygen atoms in total. The Hall–Kier alpha value is -2.90. The van der Waals surface area contributed by atoms with Crippen molar-refractivity contribution >= 4 is 48.9 Å². The van der Waals surface area contributed by atoms with E-state index in [1.165, 1.54) is 30.3 Å². The minimum Gasteiger partial charge on any atom is -0.274 e. The monoisotopic (exact) mass is 519 g/mol. The number of carbonyl (C=O) groups excluding carboxylic acids is 2. The van der Waals surface area contributed by atoms with E-state index in [1.807, 2.05) is 0 Å². The second-order valence-electron chi connectivity index (χ2n) is 7.68. The zero-order valence-electron chi connectivity index (χ0n) is 17.9. The number of amides is 2. The fourth-order valence-electron chi connectivity index (χ4n) is 3.91. The van der Waals surface area contributed by atoms with Gasteiger partial charge in [-0.2, -0.15) is 4.31 Å². The number of nitrogens with zero attached hydrogens (tertiary/aromatic N) is 2. The molecule has 4 rings (SSSR count). The molecule has 34 heavy (non-hydrogen) atoms. The van der Waals surface area contributed by atoms with E-state index < -0.39 is 43.9 Å². The summed E-state index contributed by atoms with van der Waals surface area (Å²) in [6, 6.07) is 14.8. The molecule has 1 aliphatic heterocycles. The summed E-state index contributed by atoms with van der Waals surface area (Å²) >= 11 is 1.02. The number of carbonyl (C=O) groups is 2. The van der Waals surface area contributed by atoms with Gasteiger partial charge < -0.3 is 0 Å². The van der Waals surface area contributed by atoms with Crippen LogP contribution in [-0.4, -0.2) is 39.0 Å². The van der Waals surface area contributed by atoms with Gasteiger partial charge in [0.1, 0.15) is 10.3 Å². The van der Waals surface area contributed by atoms with Crippen LogP contribution in [0, 0.1) is 0 Å². The topological polar surface area (TPSA) is 135 Å². The van der Waals surface area contributed by atoms with Crippen molar-refractivity contribution in [3.8, 4) is 0 Å². The summed E-state index contributed by atoms with van der Waals surface area (Å²) in [6.07, 6.45) is -0.350. The number of sulfonamides is 2. The second kappa shape index (κ2) is 9.04. The van der Waals surface area contributed by atoms with Crippen LogP contribution in [0.2, 0.25) is 0 Å². The molecule has 2 amide bonds. The highest BCUT2D eigenvalue weighted by atomic mass is 32.2. The molecule has 2 aromatic carbocycles. The lowest BCUT2D eigenvalue weighted by molar-refractivity contribution is -0.122. The van der Waals surface area contributed by atoms with Crippen molar-refractivity contribution in [2.75, 3.05) is 4.90 Å². The Balaban J connectivity index is 1.75. The van der Waals surface area contributed by atoms with Crippen LogP contribution in [0.4, 0.5) is 5.69 Å². The highest BCUT2D eigenvalue weighted by molar-refractivity contribution is 7.91. The Morgan fingerprint density at radius 3 is 2.18 bits per heavy atom. The van der Waals surface area contributed by atoms with E-state index in [1.54, 1.807) is 48.7 Å². The molecule has 1 aliphatic rings. The van der Waals surface area contributed by atoms with Crippen molar-refractivity contribution in [3.63, 3.8) is 0 Å². The summed E-state index contributed by atoms with van der Waals surface area (Å²) in [4.78, 5) is 27.1. The van der Waals surface area contributed by atoms with E-state index in [2.05, 4.69) is 0 Å². The van der Waals surface area contributed by atoms with Gasteiger partial charge in [-0.25, -0.2) is 26.9 Å². The fraction of sp³-hybridized carbons (Fsp3) is 0.182. The standard InChI is InChI=1S/C22H21N3O6S3/c1-15(16-6-3-2-4-7-16)25(34(30,31)21-8-5-13-32-21)19-14-20(26)24(22(19)27)17-9-11-18(12-10-17)33(23,28)29/h2-13,15,19H,14H2,1H3,(H2,23,28,29). The largest absolute Gasteiger partial charge is 0.274 e. The third-order valence-corrected chi connectivity index (χ3v) is 9.83. The molecule has 2 atom stereocenters. The molecule has 0 bridgehead atoms. The van der Waals surface area contributed by atoms with Crippen LogP contribution in [0.25, 0.3) is 0 Å². The predicted molar refractivity (Wildman–Crippen MR) is 127 cm³/mol. The van der Waals surface area contributed by atoms with Crippen LogP contribution in [0.15, 0.2) is 81.2 Å². The molecule has 0 radical (unpaired) electrons. The van der Waals surface area contributed by atoms with E-state index in [9.17, 15) is 26.4 Å². The first kappa shape index (κ1) is 24.2. The van der Waals surface area contributed by atoms with Crippen molar-refractivity contribution in [2.24, 2.45) is 5.14 Å². The van der Waals surface area contributed by atoms with Gasteiger partial charge in [-0.05, 0) is 48.2 Å². The smallest absolute Gasteiger partial charge is 0.253 e. The van der Waals surface area contributed by atoms with E-state index in [0.29, 0.717) is 5.56 Å². The van der Waals surface area contributed by atoms with Gasteiger partial charge in [-0.3, -0.25) is 9.59 Å². The Bertz CT molecular complexity index is 1420. The Morgan fingerprint density at radius 1 is 0.971 bits per heavy atom. The highest BCUT2D eigenvalue weighted by Crippen LogP contribution is 2.36. The Morgan fingerprint density at radius 2 is 1.62 bits per heavy atom. The summed E-state index contributed by atoms with van der Waals surface area (Å²) in [6.45, 7) is 1.67. The van der Waals surface area contributed by atoms with Gasteiger partial charge in [0.25, 0.3) is 15.9 Å². The van der Waals surface area contributed by atoms with Crippen LogP contribution in [0.5, 0.6) is 0 Å². The molecule has 3 aromatic rings. The molecule has 1 saturated heterocycles. The molecule has 1 fully saturated rings. The van der Waals surface area contributed by atoms with Gasteiger partial charge >= 0.3 is 0 Å². The molecule has 0 spiro atoms. The van der Waals surface area contributed by atoms with Gasteiger partial charge in [0.15, 0.2) is 0 Å². The van der Waals surface area contributed by atoms with Crippen molar-refractivity contribution in [3.05, 3.63) is 77.7 Å². The lowest BCUT2D eigenvalue weighted by atomic mass is 10.1. The summed E-state index contributed by atoms with van der Waals surface area (Å²) in [5.41, 5.74) is 0.796. The quantitative estimate of drug-likeness (QED) is 0.477. The minimum atomic E-state index is -4.12. The molecule has 178 valence electrons. The van der Waals surface area contributed by atoms with Gasteiger partial charge in [0.2, 0.25) is 15.9 Å². The normalized spacial score (nSPS) is 18.0. The average molecular weight is 520 g/mol. The summed E-state index contributed by atoms with van der Waals surface area (Å²) in [7, 11) is -8.08. The number of imide groups is 1. The molecule has 0 aliphatic carbocycles. The fourth-order valence-corrected chi connectivity index (χ4v) is 7.28. The maximum Gasteiger partial charge on any atom is 0.253 e. The van der Waals surface area contributed by atoms with Crippen molar-refractivity contribution in [1.29, 1.82) is 0 Å². The summed E-state index contributed by atoms with van der Waals surface area (Å²) in [5, 5.41) is 6.74. The maximum absolute atomic E-state index is 13.6. The van der Waals surface area contributed by atoms with Crippen LogP contribution in [-0.2, 0) is 29.6 Å². The molecule has 2 unspecified atom stereocenters. The number of rotatable bonds is 7. The Kier molecular flexibility index (Phi) is 6.44. The number of anilines is 1. The van der Waals surface area contributed by atoms with E-state index in [-0.39, 0.29) is 21.2 Å². The molecule has 12 heteroatoms. The maximum atomic E-state index is 13.6. The van der Waals surface area contributed by atoms with Crippen molar-refractivity contribution < 1.29 is 26.4 Å². The number of thiophene rings is 1. The molecule has 2 N–H and O–H groups in total. The predicted octanol–water partition coefficient (Wildman–Crippen LogP) is 2.48. The summed E-state index contributed by atoms with van der Waals surface area (Å²) in [5.74, 6) is -1.30. The lowest BCUT2D eigenvalue weighted by Gasteiger charge is -2.32. The van der Waals surface area contributed by atoms with Crippen LogP contribution < -0.4 is 10.0 Å². The van der Waals surface area contributed by atoms with Crippen molar-refractivity contribution in [2.45, 2.75) is 34.5 Å². The van der Waals surface area contributed by atoms with E-state index >= 15 is 0 Å². The van der Waals surface area contributed by atoms with Gasteiger partial charge in [-0.1, -0.05) is 36.4 Å². The molecule has 2 heterocycles. The molecule has 0 saturated carbocycles. The molecular formula is C22H21N3O6S3. The van der Waals surface area contributed by atoms with Crippen LogP contribution in [0.1, 0.15) is 24.9 Å².